The van der Waals surface area contributed by atoms with Gasteiger partial charge in [-0.1, -0.05) is 72.8 Å². The molecule has 1 amide bonds. The SMILES string of the molecule is COc1ccccc1NC(=O)CC(Cc1ccccc1)c1ccc(Oc2ccccc2)cc1. The molecule has 0 aliphatic carbocycles. The molecule has 0 fully saturated rings. The molecule has 0 saturated heterocycles. The number of anilines is 1. The first-order valence-corrected chi connectivity index (χ1v) is 11.0. The van der Waals surface area contributed by atoms with Gasteiger partial charge in [0, 0.05) is 6.42 Å². The number of para-hydroxylation sites is 3. The lowest BCUT2D eigenvalue weighted by Gasteiger charge is -2.19. The van der Waals surface area contributed by atoms with Crippen molar-refractivity contribution in [2.24, 2.45) is 0 Å². The molecular formula is C29H27NO3. The highest BCUT2D eigenvalue weighted by atomic mass is 16.5. The summed E-state index contributed by atoms with van der Waals surface area (Å²) in [4.78, 5) is 13.0. The number of benzene rings is 4. The van der Waals surface area contributed by atoms with Gasteiger partial charge in [-0.15, -0.1) is 0 Å². The summed E-state index contributed by atoms with van der Waals surface area (Å²) in [6, 6.07) is 35.4. The Morgan fingerprint density at radius 3 is 2.06 bits per heavy atom. The molecule has 0 spiro atoms. The number of rotatable bonds is 9. The first-order chi connectivity index (χ1) is 16.2. The zero-order chi connectivity index (χ0) is 22.9. The fraction of sp³-hybridized carbons (Fsp3) is 0.138. The van der Waals surface area contributed by atoms with E-state index >= 15 is 0 Å². The molecule has 0 aliphatic rings. The van der Waals surface area contributed by atoms with E-state index in [2.05, 4.69) is 17.4 Å². The fourth-order valence-corrected chi connectivity index (χ4v) is 3.81. The zero-order valence-electron chi connectivity index (χ0n) is 18.6. The van der Waals surface area contributed by atoms with Gasteiger partial charge in [-0.05, 0) is 59.9 Å². The molecule has 1 N–H and O–H groups in total. The Labute approximate surface area is 194 Å². The van der Waals surface area contributed by atoms with E-state index < -0.39 is 0 Å². The normalized spacial score (nSPS) is 11.4. The second-order valence-corrected chi connectivity index (χ2v) is 7.82. The van der Waals surface area contributed by atoms with Crippen molar-refractivity contribution < 1.29 is 14.3 Å². The number of methoxy groups -OCH3 is 1. The van der Waals surface area contributed by atoms with Crippen molar-refractivity contribution in [3.63, 3.8) is 0 Å². The Hall–Kier alpha value is -4.05. The average molecular weight is 438 g/mol. The molecule has 166 valence electrons. The maximum Gasteiger partial charge on any atom is 0.225 e. The quantitative estimate of drug-likeness (QED) is 0.312. The van der Waals surface area contributed by atoms with E-state index in [1.54, 1.807) is 7.11 Å². The van der Waals surface area contributed by atoms with Crippen LogP contribution in [-0.2, 0) is 11.2 Å². The van der Waals surface area contributed by atoms with Crippen molar-refractivity contribution in [2.45, 2.75) is 18.8 Å². The van der Waals surface area contributed by atoms with Crippen LogP contribution in [0.2, 0.25) is 0 Å². The number of amides is 1. The van der Waals surface area contributed by atoms with Crippen molar-refractivity contribution in [3.8, 4) is 17.2 Å². The standard InChI is InChI=1S/C29H27NO3/c1-32-28-15-9-8-14-27(28)30-29(31)21-24(20-22-10-4-2-5-11-22)23-16-18-26(19-17-23)33-25-12-6-3-7-13-25/h2-19,24H,20-21H2,1H3,(H,30,31). The van der Waals surface area contributed by atoms with Crippen LogP contribution in [0.15, 0.2) is 109 Å². The second-order valence-electron chi connectivity index (χ2n) is 7.82. The molecular weight excluding hydrogens is 410 g/mol. The summed E-state index contributed by atoms with van der Waals surface area (Å²) in [5, 5.41) is 3.00. The predicted molar refractivity (Wildman–Crippen MR) is 132 cm³/mol. The van der Waals surface area contributed by atoms with E-state index in [-0.39, 0.29) is 11.8 Å². The van der Waals surface area contributed by atoms with Crippen molar-refractivity contribution in [2.75, 3.05) is 12.4 Å². The van der Waals surface area contributed by atoms with Gasteiger partial charge in [0.15, 0.2) is 0 Å². The lowest BCUT2D eigenvalue weighted by Crippen LogP contribution is -2.17. The van der Waals surface area contributed by atoms with Gasteiger partial charge in [-0.25, -0.2) is 0 Å². The largest absolute Gasteiger partial charge is 0.495 e. The topological polar surface area (TPSA) is 47.6 Å². The van der Waals surface area contributed by atoms with E-state index in [0.717, 1.165) is 23.5 Å². The van der Waals surface area contributed by atoms with Crippen LogP contribution in [-0.4, -0.2) is 13.0 Å². The van der Waals surface area contributed by atoms with Crippen LogP contribution in [0.25, 0.3) is 0 Å². The second kappa shape index (κ2) is 11.0. The molecule has 4 rings (SSSR count). The summed E-state index contributed by atoms with van der Waals surface area (Å²) in [5.41, 5.74) is 2.96. The minimum atomic E-state index is -0.0509. The highest BCUT2D eigenvalue weighted by Gasteiger charge is 2.18. The Morgan fingerprint density at radius 2 is 1.36 bits per heavy atom. The molecule has 1 unspecified atom stereocenters. The van der Waals surface area contributed by atoms with Gasteiger partial charge in [0.1, 0.15) is 17.2 Å². The third-order valence-electron chi connectivity index (χ3n) is 5.47. The Balaban J connectivity index is 1.51. The third kappa shape index (κ3) is 6.23. The van der Waals surface area contributed by atoms with E-state index in [0.29, 0.717) is 17.9 Å². The average Bonchev–Trinajstić information content (AvgIpc) is 2.86. The molecule has 0 saturated carbocycles. The lowest BCUT2D eigenvalue weighted by atomic mass is 9.89. The zero-order valence-corrected chi connectivity index (χ0v) is 18.6. The highest BCUT2D eigenvalue weighted by molar-refractivity contribution is 5.92. The van der Waals surface area contributed by atoms with Gasteiger partial charge in [-0.2, -0.15) is 0 Å². The van der Waals surface area contributed by atoms with Crippen molar-refractivity contribution in [1.29, 1.82) is 0 Å². The van der Waals surface area contributed by atoms with Gasteiger partial charge < -0.3 is 14.8 Å². The number of ether oxygens (including phenoxy) is 2. The molecule has 0 heterocycles. The van der Waals surface area contributed by atoms with Crippen molar-refractivity contribution in [1.82, 2.24) is 0 Å². The number of nitrogens with one attached hydrogen (secondary N) is 1. The van der Waals surface area contributed by atoms with Gasteiger partial charge in [0.2, 0.25) is 5.91 Å². The molecule has 0 aliphatic heterocycles. The molecule has 0 bridgehead atoms. The first-order valence-electron chi connectivity index (χ1n) is 11.0. The number of hydrogen-bond donors (Lipinski definition) is 1. The minimum absolute atomic E-state index is 0.0212. The maximum absolute atomic E-state index is 13.0. The van der Waals surface area contributed by atoms with Crippen LogP contribution in [0.1, 0.15) is 23.5 Å². The monoisotopic (exact) mass is 437 g/mol. The molecule has 4 aromatic rings. The molecule has 33 heavy (non-hydrogen) atoms. The van der Waals surface area contributed by atoms with E-state index in [1.165, 1.54) is 5.56 Å². The van der Waals surface area contributed by atoms with Gasteiger partial charge in [-0.3, -0.25) is 4.79 Å². The highest BCUT2D eigenvalue weighted by Crippen LogP contribution is 2.30. The molecule has 0 radical (unpaired) electrons. The van der Waals surface area contributed by atoms with Crippen LogP contribution in [0.3, 0.4) is 0 Å². The van der Waals surface area contributed by atoms with Crippen LogP contribution >= 0.6 is 0 Å². The summed E-state index contributed by atoms with van der Waals surface area (Å²) in [6.07, 6.45) is 1.12. The fourth-order valence-electron chi connectivity index (χ4n) is 3.81. The summed E-state index contributed by atoms with van der Waals surface area (Å²) in [7, 11) is 1.60. The number of carbonyl (C=O) groups excluding carboxylic acids is 1. The molecule has 0 aromatic heterocycles. The number of carbonyl (C=O) groups is 1. The van der Waals surface area contributed by atoms with Gasteiger partial charge >= 0.3 is 0 Å². The van der Waals surface area contributed by atoms with Crippen LogP contribution in [0, 0.1) is 0 Å². The smallest absolute Gasteiger partial charge is 0.225 e. The van der Waals surface area contributed by atoms with Crippen LogP contribution < -0.4 is 14.8 Å². The van der Waals surface area contributed by atoms with Gasteiger partial charge in [0.05, 0.1) is 12.8 Å². The Bertz CT molecular complexity index is 1160. The summed E-state index contributed by atoms with van der Waals surface area (Å²) >= 11 is 0. The Morgan fingerprint density at radius 1 is 0.758 bits per heavy atom. The number of hydrogen-bond acceptors (Lipinski definition) is 3. The summed E-state index contributed by atoms with van der Waals surface area (Å²) in [6.45, 7) is 0. The predicted octanol–water partition coefficient (Wildman–Crippen LogP) is 6.84. The van der Waals surface area contributed by atoms with Crippen molar-refractivity contribution in [3.05, 3.63) is 120 Å². The molecule has 1 atom stereocenters. The first kappa shape index (κ1) is 22.2. The molecule has 4 heteroatoms. The van der Waals surface area contributed by atoms with Gasteiger partial charge in [0.25, 0.3) is 0 Å². The molecule has 4 aromatic carbocycles. The van der Waals surface area contributed by atoms with Crippen LogP contribution in [0.5, 0.6) is 17.2 Å². The maximum atomic E-state index is 13.0. The lowest BCUT2D eigenvalue weighted by molar-refractivity contribution is -0.116. The summed E-state index contributed by atoms with van der Waals surface area (Å²) in [5.74, 6) is 2.18. The van der Waals surface area contributed by atoms with Crippen LogP contribution in [0.4, 0.5) is 5.69 Å². The minimum Gasteiger partial charge on any atom is -0.495 e. The van der Waals surface area contributed by atoms with E-state index in [1.807, 2.05) is 97.1 Å². The van der Waals surface area contributed by atoms with E-state index in [9.17, 15) is 4.79 Å². The van der Waals surface area contributed by atoms with E-state index in [4.69, 9.17) is 9.47 Å². The third-order valence-corrected chi connectivity index (χ3v) is 5.47. The molecule has 4 nitrogen and oxygen atoms in total. The van der Waals surface area contributed by atoms with Crippen molar-refractivity contribution >= 4 is 11.6 Å². The Kier molecular flexibility index (Phi) is 7.39. The summed E-state index contributed by atoms with van der Waals surface area (Å²) < 4.78 is 11.3.